The summed E-state index contributed by atoms with van der Waals surface area (Å²) < 4.78 is 1.37. The highest BCUT2D eigenvalue weighted by molar-refractivity contribution is 5.69. The Morgan fingerprint density at radius 2 is 2.19 bits per heavy atom. The second-order valence-corrected chi connectivity index (χ2v) is 3.70. The molecular formula is C9H13N3O4. The average Bonchev–Trinajstić information content (AvgIpc) is 2.41. The zero-order valence-electron chi connectivity index (χ0n) is 9.30. The van der Waals surface area contributed by atoms with Gasteiger partial charge in [-0.15, -0.1) is 0 Å². The number of carboxylic acid groups (broad SMARTS) is 1. The van der Waals surface area contributed by atoms with Crippen molar-refractivity contribution >= 4 is 11.7 Å². The molecule has 0 fully saturated rings. The molecular weight excluding hydrogens is 214 g/mol. The highest BCUT2D eigenvalue weighted by Crippen LogP contribution is 2.22. The third kappa shape index (κ3) is 2.18. The van der Waals surface area contributed by atoms with E-state index >= 15 is 0 Å². The number of nitrogens with zero attached hydrogens (tertiary/aromatic N) is 3. The summed E-state index contributed by atoms with van der Waals surface area (Å²) >= 11 is 0. The Bertz CT molecular complexity index is 438. The standard InChI is InChI=1S/C9H13N3O4/c1-5(9(13)14)4-11-7(3)8(12(15)16)6(2)10-11/h5H,4H2,1-3H3,(H,13,14). The monoisotopic (exact) mass is 227 g/mol. The maximum absolute atomic E-state index is 10.7. The zero-order chi connectivity index (χ0) is 12.5. The molecule has 0 amide bonds. The molecule has 1 aromatic heterocycles. The van der Waals surface area contributed by atoms with Gasteiger partial charge in [0.15, 0.2) is 0 Å². The fourth-order valence-electron chi connectivity index (χ4n) is 1.47. The Kier molecular flexibility index (Phi) is 3.26. The molecule has 1 heterocycles. The second kappa shape index (κ2) is 4.30. The molecule has 0 aliphatic heterocycles. The minimum atomic E-state index is -0.949. The first-order chi connectivity index (χ1) is 7.34. The van der Waals surface area contributed by atoms with Gasteiger partial charge in [0.05, 0.1) is 17.4 Å². The zero-order valence-corrected chi connectivity index (χ0v) is 9.30. The number of aryl methyl sites for hydroxylation is 1. The lowest BCUT2D eigenvalue weighted by Crippen LogP contribution is -2.18. The van der Waals surface area contributed by atoms with E-state index in [0.717, 1.165) is 0 Å². The molecule has 88 valence electrons. The van der Waals surface area contributed by atoms with E-state index in [1.807, 2.05) is 0 Å². The molecule has 0 bridgehead atoms. The van der Waals surface area contributed by atoms with Gasteiger partial charge in [0.25, 0.3) is 0 Å². The van der Waals surface area contributed by atoms with E-state index in [1.165, 1.54) is 18.5 Å². The van der Waals surface area contributed by atoms with Gasteiger partial charge in [-0.05, 0) is 13.8 Å². The topological polar surface area (TPSA) is 98.3 Å². The van der Waals surface area contributed by atoms with Crippen LogP contribution >= 0.6 is 0 Å². The SMILES string of the molecule is Cc1nn(CC(C)C(=O)O)c(C)c1[N+](=O)[O-]. The summed E-state index contributed by atoms with van der Waals surface area (Å²) in [7, 11) is 0. The quantitative estimate of drug-likeness (QED) is 0.614. The van der Waals surface area contributed by atoms with Gasteiger partial charge >= 0.3 is 11.7 Å². The lowest BCUT2D eigenvalue weighted by atomic mass is 10.2. The normalized spacial score (nSPS) is 12.4. The summed E-state index contributed by atoms with van der Waals surface area (Å²) in [6.45, 7) is 4.76. The molecule has 0 aliphatic rings. The Hall–Kier alpha value is -1.92. The van der Waals surface area contributed by atoms with Crippen molar-refractivity contribution in [1.29, 1.82) is 0 Å². The predicted octanol–water partition coefficient (Wildman–Crippen LogP) is 1.13. The van der Waals surface area contributed by atoms with Crippen LogP contribution < -0.4 is 0 Å². The first-order valence-electron chi connectivity index (χ1n) is 4.75. The van der Waals surface area contributed by atoms with Gasteiger partial charge in [-0.3, -0.25) is 19.6 Å². The van der Waals surface area contributed by atoms with Crippen molar-refractivity contribution < 1.29 is 14.8 Å². The van der Waals surface area contributed by atoms with Crippen molar-refractivity contribution in [3.63, 3.8) is 0 Å². The van der Waals surface area contributed by atoms with Gasteiger partial charge in [0, 0.05) is 0 Å². The van der Waals surface area contributed by atoms with Crippen LogP contribution in [0, 0.1) is 29.9 Å². The lowest BCUT2D eigenvalue weighted by molar-refractivity contribution is -0.386. The van der Waals surface area contributed by atoms with Gasteiger partial charge in [-0.2, -0.15) is 5.10 Å². The number of rotatable bonds is 4. The molecule has 1 atom stereocenters. The molecule has 0 spiro atoms. The number of carboxylic acids is 1. The number of carbonyl (C=O) groups is 1. The molecule has 0 saturated carbocycles. The van der Waals surface area contributed by atoms with Crippen LogP contribution in [-0.4, -0.2) is 25.8 Å². The summed E-state index contributed by atoms with van der Waals surface area (Å²) in [4.78, 5) is 20.9. The van der Waals surface area contributed by atoms with Crippen molar-refractivity contribution in [2.75, 3.05) is 0 Å². The Balaban J connectivity index is 3.04. The molecule has 1 rings (SSSR count). The van der Waals surface area contributed by atoms with Crippen molar-refractivity contribution in [3.8, 4) is 0 Å². The number of nitro groups is 1. The molecule has 0 aliphatic carbocycles. The largest absolute Gasteiger partial charge is 0.481 e. The summed E-state index contributed by atoms with van der Waals surface area (Å²) in [5, 5.41) is 23.4. The first kappa shape index (κ1) is 12.2. The van der Waals surface area contributed by atoms with Crippen molar-refractivity contribution in [2.24, 2.45) is 5.92 Å². The first-order valence-corrected chi connectivity index (χ1v) is 4.75. The average molecular weight is 227 g/mol. The van der Waals surface area contributed by atoms with Crippen molar-refractivity contribution in [2.45, 2.75) is 27.3 Å². The fourth-order valence-corrected chi connectivity index (χ4v) is 1.47. The molecule has 7 nitrogen and oxygen atoms in total. The minimum absolute atomic E-state index is 0.0439. The lowest BCUT2D eigenvalue weighted by Gasteiger charge is -2.07. The number of hydrogen-bond acceptors (Lipinski definition) is 4. The number of aromatic nitrogens is 2. The molecule has 16 heavy (non-hydrogen) atoms. The molecule has 7 heteroatoms. The summed E-state index contributed by atoms with van der Waals surface area (Å²) in [5.41, 5.74) is 0.647. The van der Waals surface area contributed by atoms with Crippen LogP contribution in [0.4, 0.5) is 5.69 Å². The van der Waals surface area contributed by atoms with E-state index < -0.39 is 16.8 Å². The molecule has 1 aromatic rings. The number of hydrogen-bond donors (Lipinski definition) is 1. The molecule has 1 unspecified atom stereocenters. The van der Waals surface area contributed by atoms with Gasteiger partial charge in [-0.25, -0.2) is 0 Å². The summed E-state index contributed by atoms with van der Waals surface area (Å²) in [6.07, 6.45) is 0. The maximum Gasteiger partial charge on any atom is 0.312 e. The van der Waals surface area contributed by atoms with Gasteiger partial charge in [0.2, 0.25) is 0 Å². The summed E-state index contributed by atoms with van der Waals surface area (Å²) in [5.74, 6) is -1.58. The second-order valence-electron chi connectivity index (χ2n) is 3.70. The highest BCUT2D eigenvalue weighted by atomic mass is 16.6. The van der Waals surface area contributed by atoms with E-state index in [4.69, 9.17) is 5.11 Å². The smallest absolute Gasteiger partial charge is 0.312 e. The van der Waals surface area contributed by atoms with Crippen LogP contribution in [0.2, 0.25) is 0 Å². The minimum Gasteiger partial charge on any atom is -0.481 e. The van der Waals surface area contributed by atoms with Gasteiger partial charge in [-0.1, -0.05) is 6.92 Å². The van der Waals surface area contributed by atoms with Crippen LogP contribution in [0.25, 0.3) is 0 Å². The van der Waals surface area contributed by atoms with Crippen LogP contribution in [0.15, 0.2) is 0 Å². The van der Waals surface area contributed by atoms with Crippen LogP contribution in [0.1, 0.15) is 18.3 Å². The van der Waals surface area contributed by atoms with E-state index in [2.05, 4.69) is 5.10 Å². The van der Waals surface area contributed by atoms with Gasteiger partial charge < -0.3 is 5.11 Å². The van der Waals surface area contributed by atoms with Crippen molar-refractivity contribution in [3.05, 3.63) is 21.5 Å². The van der Waals surface area contributed by atoms with Crippen LogP contribution in [0.3, 0.4) is 0 Å². The van der Waals surface area contributed by atoms with E-state index in [1.54, 1.807) is 6.92 Å². The third-order valence-electron chi connectivity index (χ3n) is 2.39. The summed E-state index contributed by atoms with van der Waals surface area (Å²) in [6, 6.07) is 0. The van der Waals surface area contributed by atoms with Gasteiger partial charge in [0.1, 0.15) is 11.4 Å². The molecule has 0 aromatic carbocycles. The predicted molar refractivity (Wildman–Crippen MR) is 55.2 cm³/mol. The maximum atomic E-state index is 10.7. The molecule has 0 saturated heterocycles. The van der Waals surface area contributed by atoms with E-state index in [9.17, 15) is 14.9 Å². The Morgan fingerprint density at radius 1 is 1.62 bits per heavy atom. The van der Waals surface area contributed by atoms with Crippen molar-refractivity contribution in [1.82, 2.24) is 9.78 Å². The Labute approximate surface area is 91.8 Å². The molecule has 1 N–H and O–H groups in total. The molecule has 0 radical (unpaired) electrons. The van der Waals surface area contributed by atoms with Crippen LogP contribution in [-0.2, 0) is 11.3 Å². The van der Waals surface area contributed by atoms with E-state index in [-0.39, 0.29) is 12.2 Å². The fraction of sp³-hybridized carbons (Fsp3) is 0.556. The van der Waals surface area contributed by atoms with E-state index in [0.29, 0.717) is 11.4 Å². The number of aliphatic carboxylic acids is 1. The Morgan fingerprint density at radius 3 is 2.56 bits per heavy atom. The highest BCUT2D eigenvalue weighted by Gasteiger charge is 2.23. The van der Waals surface area contributed by atoms with Crippen LogP contribution in [0.5, 0.6) is 0 Å². The third-order valence-corrected chi connectivity index (χ3v) is 2.39.